The van der Waals surface area contributed by atoms with E-state index in [1.807, 2.05) is 49.4 Å². The number of nitrogens with one attached hydrogen (secondary N) is 2. The Balaban J connectivity index is 1.64. The summed E-state index contributed by atoms with van der Waals surface area (Å²) in [6, 6.07) is 23.7. The molecule has 0 spiro atoms. The SMILES string of the molecule is CC(NC(=O)c1ccc(NC(=O)c2ccccc2Br)cc1)c1ccccc1. The van der Waals surface area contributed by atoms with Gasteiger partial charge in [-0.1, -0.05) is 42.5 Å². The van der Waals surface area contributed by atoms with E-state index in [0.717, 1.165) is 10.0 Å². The Labute approximate surface area is 166 Å². The van der Waals surface area contributed by atoms with Crippen molar-refractivity contribution >= 4 is 33.4 Å². The van der Waals surface area contributed by atoms with Crippen LogP contribution in [0.3, 0.4) is 0 Å². The first-order valence-electron chi connectivity index (χ1n) is 8.56. The minimum atomic E-state index is -0.211. The molecule has 0 heterocycles. The van der Waals surface area contributed by atoms with Gasteiger partial charge in [-0.15, -0.1) is 0 Å². The van der Waals surface area contributed by atoms with Gasteiger partial charge in [0.15, 0.2) is 0 Å². The lowest BCUT2D eigenvalue weighted by atomic mass is 10.1. The lowest BCUT2D eigenvalue weighted by molar-refractivity contribution is 0.0939. The molecule has 0 aromatic heterocycles. The van der Waals surface area contributed by atoms with Gasteiger partial charge in [0.25, 0.3) is 11.8 Å². The topological polar surface area (TPSA) is 58.2 Å². The van der Waals surface area contributed by atoms with Crippen molar-refractivity contribution in [2.75, 3.05) is 5.32 Å². The fourth-order valence-corrected chi connectivity index (χ4v) is 3.12. The second kappa shape index (κ2) is 8.64. The molecule has 136 valence electrons. The van der Waals surface area contributed by atoms with Gasteiger partial charge in [-0.2, -0.15) is 0 Å². The summed E-state index contributed by atoms with van der Waals surface area (Å²) in [6.45, 7) is 1.94. The molecule has 0 fully saturated rings. The first kappa shape index (κ1) is 18.9. The highest BCUT2D eigenvalue weighted by Gasteiger charge is 2.12. The first-order valence-corrected chi connectivity index (χ1v) is 9.35. The Kier molecular flexibility index (Phi) is 6.04. The van der Waals surface area contributed by atoms with Crippen LogP contribution in [0.4, 0.5) is 5.69 Å². The van der Waals surface area contributed by atoms with Gasteiger partial charge in [0, 0.05) is 15.7 Å². The molecule has 1 atom stereocenters. The lowest BCUT2D eigenvalue weighted by Crippen LogP contribution is -2.26. The monoisotopic (exact) mass is 422 g/mol. The van der Waals surface area contributed by atoms with Crippen LogP contribution in [-0.4, -0.2) is 11.8 Å². The molecule has 3 aromatic rings. The summed E-state index contributed by atoms with van der Waals surface area (Å²) in [7, 11) is 0. The number of hydrogen-bond acceptors (Lipinski definition) is 2. The molecule has 0 aliphatic rings. The minimum Gasteiger partial charge on any atom is -0.346 e. The minimum absolute atomic E-state index is 0.0893. The number of amides is 2. The third-order valence-corrected chi connectivity index (χ3v) is 4.86. The normalized spacial score (nSPS) is 11.5. The maximum absolute atomic E-state index is 12.4. The van der Waals surface area contributed by atoms with Crippen LogP contribution in [0.1, 0.15) is 39.2 Å². The second-order valence-corrected chi connectivity index (χ2v) is 6.97. The van der Waals surface area contributed by atoms with Crippen molar-refractivity contribution < 1.29 is 9.59 Å². The van der Waals surface area contributed by atoms with Gasteiger partial charge in [0.05, 0.1) is 11.6 Å². The van der Waals surface area contributed by atoms with Gasteiger partial charge in [-0.3, -0.25) is 9.59 Å². The summed E-state index contributed by atoms with van der Waals surface area (Å²) in [4.78, 5) is 24.8. The van der Waals surface area contributed by atoms with Gasteiger partial charge in [-0.05, 0) is 64.8 Å². The number of carbonyl (C=O) groups is 2. The Hall–Kier alpha value is -2.92. The third kappa shape index (κ3) is 4.83. The summed E-state index contributed by atoms with van der Waals surface area (Å²) in [5.74, 6) is -0.368. The van der Waals surface area contributed by atoms with Crippen molar-refractivity contribution in [2.45, 2.75) is 13.0 Å². The summed E-state index contributed by atoms with van der Waals surface area (Å²) >= 11 is 3.37. The van der Waals surface area contributed by atoms with Crippen molar-refractivity contribution in [3.05, 3.63) is 100 Å². The van der Waals surface area contributed by atoms with E-state index in [9.17, 15) is 9.59 Å². The van der Waals surface area contributed by atoms with Crippen LogP contribution in [-0.2, 0) is 0 Å². The number of anilines is 1. The molecule has 3 aromatic carbocycles. The fraction of sp³-hybridized carbons (Fsp3) is 0.0909. The fourth-order valence-electron chi connectivity index (χ4n) is 2.65. The Morgan fingerprint density at radius 1 is 0.815 bits per heavy atom. The summed E-state index contributed by atoms with van der Waals surface area (Å²) in [5, 5.41) is 5.80. The smallest absolute Gasteiger partial charge is 0.256 e. The highest BCUT2D eigenvalue weighted by molar-refractivity contribution is 9.10. The highest BCUT2D eigenvalue weighted by Crippen LogP contribution is 2.18. The zero-order valence-corrected chi connectivity index (χ0v) is 16.4. The van der Waals surface area contributed by atoms with Gasteiger partial charge < -0.3 is 10.6 Å². The van der Waals surface area contributed by atoms with E-state index in [1.165, 1.54) is 0 Å². The summed E-state index contributed by atoms with van der Waals surface area (Å²) in [6.07, 6.45) is 0. The zero-order chi connectivity index (χ0) is 19.2. The van der Waals surface area contributed by atoms with Crippen LogP contribution in [0.2, 0.25) is 0 Å². The number of rotatable bonds is 5. The maximum Gasteiger partial charge on any atom is 0.256 e. The highest BCUT2D eigenvalue weighted by atomic mass is 79.9. The van der Waals surface area contributed by atoms with Crippen molar-refractivity contribution in [2.24, 2.45) is 0 Å². The summed E-state index contributed by atoms with van der Waals surface area (Å²) < 4.78 is 0.730. The number of hydrogen-bond donors (Lipinski definition) is 2. The van der Waals surface area contributed by atoms with Crippen LogP contribution in [0, 0.1) is 0 Å². The molecule has 4 nitrogen and oxygen atoms in total. The molecule has 0 saturated carbocycles. The zero-order valence-electron chi connectivity index (χ0n) is 14.8. The molecule has 2 N–H and O–H groups in total. The van der Waals surface area contributed by atoms with E-state index >= 15 is 0 Å². The Morgan fingerprint density at radius 3 is 2.11 bits per heavy atom. The predicted molar refractivity (Wildman–Crippen MR) is 111 cm³/mol. The van der Waals surface area contributed by atoms with E-state index in [4.69, 9.17) is 0 Å². The number of halogens is 1. The average Bonchev–Trinajstić information content (AvgIpc) is 2.69. The summed E-state index contributed by atoms with van der Waals surface area (Å²) in [5.41, 5.74) is 2.76. The molecular weight excluding hydrogens is 404 g/mol. The molecule has 27 heavy (non-hydrogen) atoms. The van der Waals surface area contributed by atoms with Crippen LogP contribution >= 0.6 is 15.9 Å². The van der Waals surface area contributed by atoms with Crippen molar-refractivity contribution in [1.82, 2.24) is 5.32 Å². The second-order valence-electron chi connectivity index (χ2n) is 6.12. The van der Waals surface area contributed by atoms with Gasteiger partial charge in [-0.25, -0.2) is 0 Å². The largest absolute Gasteiger partial charge is 0.346 e. The number of benzene rings is 3. The van der Waals surface area contributed by atoms with Crippen LogP contribution in [0.5, 0.6) is 0 Å². The molecule has 0 aliphatic heterocycles. The van der Waals surface area contributed by atoms with Crippen molar-refractivity contribution in [3.8, 4) is 0 Å². The van der Waals surface area contributed by atoms with Crippen molar-refractivity contribution in [3.63, 3.8) is 0 Å². The van der Waals surface area contributed by atoms with E-state index in [-0.39, 0.29) is 17.9 Å². The van der Waals surface area contributed by atoms with E-state index < -0.39 is 0 Å². The first-order chi connectivity index (χ1) is 13.0. The Bertz CT molecular complexity index is 940. The molecule has 0 aliphatic carbocycles. The van der Waals surface area contributed by atoms with Gasteiger partial charge >= 0.3 is 0 Å². The standard InChI is InChI=1S/C22H19BrN2O2/c1-15(16-7-3-2-4-8-16)24-21(26)17-11-13-18(14-12-17)25-22(27)19-9-5-6-10-20(19)23/h2-15H,1H3,(H,24,26)(H,25,27). The van der Waals surface area contributed by atoms with E-state index in [0.29, 0.717) is 16.8 Å². The molecule has 0 radical (unpaired) electrons. The Morgan fingerprint density at radius 2 is 1.44 bits per heavy atom. The molecule has 5 heteroatoms. The van der Waals surface area contributed by atoms with Crippen molar-refractivity contribution in [1.29, 1.82) is 0 Å². The molecular formula is C22H19BrN2O2. The molecule has 2 amide bonds. The predicted octanol–water partition coefficient (Wildman–Crippen LogP) is 5.19. The van der Waals surface area contributed by atoms with E-state index in [2.05, 4.69) is 26.6 Å². The van der Waals surface area contributed by atoms with E-state index in [1.54, 1.807) is 36.4 Å². The molecule has 1 unspecified atom stereocenters. The lowest BCUT2D eigenvalue weighted by Gasteiger charge is -2.14. The maximum atomic E-state index is 12.4. The van der Waals surface area contributed by atoms with Crippen LogP contribution in [0.25, 0.3) is 0 Å². The molecule has 0 saturated heterocycles. The van der Waals surface area contributed by atoms with Gasteiger partial charge in [0.2, 0.25) is 0 Å². The molecule has 0 bridgehead atoms. The quantitative estimate of drug-likeness (QED) is 0.593. The van der Waals surface area contributed by atoms with Crippen LogP contribution in [0.15, 0.2) is 83.3 Å². The van der Waals surface area contributed by atoms with Gasteiger partial charge in [0.1, 0.15) is 0 Å². The average molecular weight is 423 g/mol. The third-order valence-electron chi connectivity index (χ3n) is 4.17. The van der Waals surface area contributed by atoms with Crippen LogP contribution < -0.4 is 10.6 Å². The molecule has 3 rings (SSSR count). The number of carbonyl (C=O) groups excluding carboxylic acids is 2.